The Kier molecular flexibility index (Phi) is 4.12. The van der Waals surface area contributed by atoms with E-state index in [1.807, 2.05) is 26.0 Å². The number of carboxylic acids is 1. The second-order valence-electron chi connectivity index (χ2n) is 7.23. The van der Waals surface area contributed by atoms with E-state index in [1.54, 1.807) is 18.3 Å². The molecule has 1 aliphatic heterocycles. The summed E-state index contributed by atoms with van der Waals surface area (Å²) in [5.74, 6) is -1.33. The van der Waals surface area contributed by atoms with Crippen LogP contribution >= 0.6 is 0 Å². The van der Waals surface area contributed by atoms with Gasteiger partial charge in [-0.1, -0.05) is 0 Å². The van der Waals surface area contributed by atoms with Crippen LogP contribution in [0, 0.1) is 13.8 Å². The molecule has 0 bridgehead atoms. The number of aromatic nitrogens is 1. The Morgan fingerprint density at radius 3 is 2.75 bits per heavy atom. The molecule has 3 aromatic rings. The van der Waals surface area contributed by atoms with Gasteiger partial charge in [0.2, 0.25) is 5.91 Å². The topological polar surface area (TPSA) is 120 Å². The highest BCUT2D eigenvalue weighted by atomic mass is 16.4. The third kappa shape index (κ3) is 2.71. The summed E-state index contributed by atoms with van der Waals surface area (Å²) in [4.78, 5) is 28.3. The van der Waals surface area contributed by atoms with Crippen LogP contribution < -0.4 is 5.73 Å². The molecule has 0 saturated carbocycles. The van der Waals surface area contributed by atoms with E-state index in [0.717, 1.165) is 44.1 Å². The Hall–Kier alpha value is -3.32. The average molecular weight is 379 g/mol. The third-order valence-corrected chi connectivity index (χ3v) is 5.46. The molecule has 144 valence electrons. The van der Waals surface area contributed by atoms with Crippen LogP contribution in [-0.4, -0.2) is 38.0 Å². The van der Waals surface area contributed by atoms with E-state index in [9.17, 15) is 14.7 Å². The summed E-state index contributed by atoms with van der Waals surface area (Å²) in [7, 11) is 0. The van der Waals surface area contributed by atoms with Crippen LogP contribution in [0.15, 0.2) is 24.4 Å². The van der Waals surface area contributed by atoms with Gasteiger partial charge in [0, 0.05) is 22.5 Å². The Morgan fingerprint density at radius 1 is 1.29 bits per heavy atom. The quantitative estimate of drug-likeness (QED) is 0.558. The lowest BCUT2D eigenvalue weighted by molar-refractivity contribution is -0.141. The lowest BCUT2D eigenvalue weighted by atomic mass is 9.90. The number of benzene rings is 2. The summed E-state index contributed by atoms with van der Waals surface area (Å²) in [6, 6.07) is 4.14. The number of carbonyl (C=O) groups excluding carboxylic acids is 1. The highest BCUT2D eigenvalue weighted by Gasteiger charge is 2.27. The second-order valence-corrected chi connectivity index (χ2v) is 7.23. The molecule has 28 heavy (non-hydrogen) atoms. The molecule has 7 nitrogen and oxygen atoms in total. The first-order valence-electron chi connectivity index (χ1n) is 9.00. The van der Waals surface area contributed by atoms with E-state index in [1.165, 1.54) is 4.90 Å². The Bertz CT molecular complexity index is 1180. The molecule has 5 N–H and O–H groups in total. The van der Waals surface area contributed by atoms with Gasteiger partial charge in [-0.25, -0.2) is 0 Å². The molecule has 7 heteroatoms. The number of aromatic hydroxyl groups is 1. The van der Waals surface area contributed by atoms with Crippen LogP contribution in [0.4, 0.5) is 0 Å². The number of carboxylic acid groups (broad SMARTS) is 1. The lowest BCUT2D eigenvalue weighted by Gasteiger charge is -2.28. The standard InChI is InChI=1S/C21H21N3O4/c1-10-15-9-24(21(28)16(22)8-18(26)27)6-5-13(15)11(2)20-19(10)14-7-12(25)3-4-17(14)23-20/h3-7,16,23,25H,8-9,22H2,1-2H3,(H,26,27)/t16-/m0/s1. The van der Waals surface area contributed by atoms with E-state index in [2.05, 4.69) is 4.98 Å². The van der Waals surface area contributed by atoms with Crippen molar-refractivity contribution in [2.24, 2.45) is 5.73 Å². The maximum absolute atomic E-state index is 12.6. The number of H-pyrrole nitrogens is 1. The van der Waals surface area contributed by atoms with Crippen molar-refractivity contribution in [1.82, 2.24) is 9.88 Å². The number of nitrogens with zero attached hydrogens (tertiary/aromatic N) is 1. The van der Waals surface area contributed by atoms with E-state index in [0.29, 0.717) is 6.54 Å². The van der Waals surface area contributed by atoms with Crippen LogP contribution in [0.3, 0.4) is 0 Å². The van der Waals surface area contributed by atoms with E-state index in [-0.39, 0.29) is 5.75 Å². The number of aromatic amines is 1. The van der Waals surface area contributed by atoms with Crippen LogP contribution in [0.5, 0.6) is 5.75 Å². The molecule has 1 atom stereocenters. The molecule has 1 aliphatic rings. The summed E-state index contributed by atoms with van der Waals surface area (Å²) in [6.07, 6.45) is 3.13. The minimum atomic E-state index is -1.10. The normalized spacial score (nSPS) is 14.5. The maximum Gasteiger partial charge on any atom is 0.305 e. The molecular weight excluding hydrogens is 358 g/mol. The minimum Gasteiger partial charge on any atom is -0.508 e. The van der Waals surface area contributed by atoms with Gasteiger partial charge in [0.15, 0.2) is 0 Å². The summed E-state index contributed by atoms with van der Waals surface area (Å²) in [5, 5.41) is 20.7. The zero-order chi connectivity index (χ0) is 20.2. The number of hydrogen-bond acceptors (Lipinski definition) is 4. The maximum atomic E-state index is 12.6. The van der Waals surface area contributed by atoms with Gasteiger partial charge in [-0.15, -0.1) is 0 Å². The van der Waals surface area contributed by atoms with E-state index < -0.39 is 24.3 Å². The second kappa shape index (κ2) is 6.38. The molecule has 0 unspecified atom stereocenters. The van der Waals surface area contributed by atoms with Crippen molar-refractivity contribution >= 4 is 39.8 Å². The van der Waals surface area contributed by atoms with Crippen LogP contribution in [0.1, 0.15) is 28.7 Å². The van der Waals surface area contributed by atoms with Crippen molar-refractivity contribution < 1.29 is 19.8 Å². The van der Waals surface area contributed by atoms with Crippen LogP contribution in [0.25, 0.3) is 27.9 Å². The molecule has 2 aromatic carbocycles. The van der Waals surface area contributed by atoms with E-state index in [4.69, 9.17) is 10.8 Å². The van der Waals surface area contributed by atoms with Crippen molar-refractivity contribution in [2.75, 3.05) is 0 Å². The Balaban J connectivity index is 1.84. The fraction of sp³-hybridized carbons (Fsp3) is 0.238. The molecule has 0 aliphatic carbocycles. The number of aliphatic carboxylic acids is 1. The zero-order valence-electron chi connectivity index (χ0n) is 15.6. The number of nitrogens with two attached hydrogens (primary N) is 1. The number of phenolic OH excluding ortho intramolecular Hbond substituents is 1. The first-order valence-corrected chi connectivity index (χ1v) is 9.00. The molecule has 0 saturated heterocycles. The van der Waals surface area contributed by atoms with Gasteiger partial charge in [-0.05, 0) is 60.4 Å². The third-order valence-electron chi connectivity index (χ3n) is 5.46. The molecule has 1 amide bonds. The van der Waals surface area contributed by atoms with Gasteiger partial charge >= 0.3 is 5.97 Å². The van der Waals surface area contributed by atoms with Crippen molar-refractivity contribution in [3.8, 4) is 5.75 Å². The number of nitrogens with one attached hydrogen (secondary N) is 1. The van der Waals surface area contributed by atoms with Crippen LogP contribution in [-0.2, 0) is 16.1 Å². The number of phenols is 1. The van der Waals surface area contributed by atoms with Gasteiger partial charge in [-0.2, -0.15) is 0 Å². The largest absolute Gasteiger partial charge is 0.508 e. The fourth-order valence-corrected chi connectivity index (χ4v) is 4.02. The SMILES string of the molecule is Cc1c2c(c(C)c3c1[nH]c1ccc(O)cc13)CN(C(=O)[C@@H](N)CC(=O)O)C=C2. The highest BCUT2D eigenvalue weighted by molar-refractivity contribution is 6.11. The Labute approximate surface area is 161 Å². The van der Waals surface area contributed by atoms with Gasteiger partial charge in [0.1, 0.15) is 5.75 Å². The first-order chi connectivity index (χ1) is 13.3. The molecule has 1 aromatic heterocycles. The molecule has 0 fully saturated rings. The average Bonchev–Trinajstić information content (AvgIpc) is 3.03. The zero-order valence-corrected chi connectivity index (χ0v) is 15.6. The van der Waals surface area contributed by atoms with Crippen molar-refractivity contribution in [1.29, 1.82) is 0 Å². The van der Waals surface area contributed by atoms with E-state index >= 15 is 0 Å². The minimum absolute atomic E-state index is 0.194. The van der Waals surface area contributed by atoms with Gasteiger partial charge in [0.05, 0.1) is 24.5 Å². The lowest BCUT2D eigenvalue weighted by Crippen LogP contribution is -2.42. The molecule has 0 spiro atoms. The predicted octanol–water partition coefficient (Wildman–Crippen LogP) is 2.76. The summed E-state index contributed by atoms with van der Waals surface area (Å²) in [5.41, 5.74) is 11.8. The summed E-state index contributed by atoms with van der Waals surface area (Å²) >= 11 is 0. The van der Waals surface area contributed by atoms with Gasteiger partial charge in [-0.3, -0.25) is 9.59 Å². The monoisotopic (exact) mass is 379 g/mol. The highest BCUT2D eigenvalue weighted by Crippen LogP contribution is 2.38. The predicted molar refractivity (Wildman–Crippen MR) is 107 cm³/mol. The Morgan fingerprint density at radius 2 is 2.04 bits per heavy atom. The van der Waals surface area contributed by atoms with Gasteiger partial charge < -0.3 is 25.8 Å². The number of aryl methyl sites for hydroxylation is 2. The molecule has 0 radical (unpaired) electrons. The summed E-state index contributed by atoms with van der Waals surface area (Å²) in [6.45, 7) is 4.34. The smallest absolute Gasteiger partial charge is 0.305 e. The van der Waals surface area contributed by atoms with Crippen molar-refractivity contribution in [2.45, 2.75) is 32.9 Å². The van der Waals surface area contributed by atoms with Crippen molar-refractivity contribution in [3.63, 3.8) is 0 Å². The molecule has 2 heterocycles. The first kappa shape index (κ1) is 18.1. The number of rotatable bonds is 3. The number of hydrogen-bond donors (Lipinski definition) is 4. The molecular formula is C21H21N3O4. The van der Waals surface area contributed by atoms with Crippen LogP contribution in [0.2, 0.25) is 0 Å². The fourth-order valence-electron chi connectivity index (χ4n) is 4.02. The van der Waals surface area contributed by atoms with Crippen molar-refractivity contribution in [3.05, 3.63) is 46.7 Å². The number of fused-ring (bicyclic) bond motifs is 4. The molecule has 4 rings (SSSR count). The summed E-state index contributed by atoms with van der Waals surface area (Å²) < 4.78 is 0. The van der Waals surface area contributed by atoms with Gasteiger partial charge in [0.25, 0.3) is 0 Å². The number of amides is 1. The number of carbonyl (C=O) groups is 2.